The molecule has 1 N–H and O–H groups in total. The maximum Gasteiger partial charge on any atom is 0.331 e. The average Bonchev–Trinajstić information content (AvgIpc) is 2.57. The van der Waals surface area contributed by atoms with Crippen LogP contribution in [0.4, 0.5) is 5.69 Å². The number of halogens is 2. The molecule has 1 amide bonds. The van der Waals surface area contributed by atoms with E-state index in [1.807, 2.05) is 37.3 Å². The molecule has 0 radical (unpaired) electrons. The van der Waals surface area contributed by atoms with Gasteiger partial charge in [-0.1, -0.05) is 41.9 Å². The number of aryl methyl sites for hydroxylation is 1. The minimum absolute atomic E-state index is 0.370. The number of ether oxygens (including phenoxy) is 1. The molecule has 24 heavy (non-hydrogen) atoms. The van der Waals surface area contributed by atoms with Crippen molar-refractivity contribution in [2.24, 2.45) is 0 Å². The molecule has 0 bridgehead atoms. The maximum atomic E-state index is 11.9. The van der Waals surface area contributed by atoms with Crippen LogP contribution in [0, 0.1) is 6.92 Å². The van der Waals surface area contributed by atoms with Crippen molar-refractivity contribution in [1.82, 2.24) is 0 Å². The molecule has 124 valence electrons. The van der Waals surface area contributed by atoms with E-state index in [0.717, 1.165) is 15.6 Å². The van der Waals surface area contributed by atoms with E-state index in [1.54, 1.807) is 18.2 Å². The van der Waals surface area contributed by atoms with Gasteiger partial charge in [0.25, 0.3) is 5.91 Å². The largest absolute Gasteiger partial charge is 0.452 e. The average molecular weight is 409 g/mol. The number of esters is 1. The molecule has 0 fully saturated rings. The number of hydrogen-bond donors (Lipinski definition) is 1. The number of hydrogen-bond acceptors (Lipinski definition) is 3. The quantitative estimate of drug-likeness (QED) is 0.581. The predicted molar refractivity (Wildman–Crippen MR) is 99.0 cm³/mol. The summed E-state index contributed by atoms with van der Waals surface area (Å²) in [5.41, 5.74) is 2.29. The van der Waals surface area contributed by atoms with E-state index in [2.05, 4.69) is 21.2 Å². The number of benzene rings is 2. The molecular weight excluding hydrogens is 394 g/mol. The number of anilines is 1. The molecule has 2 aromatic carbocycles. The molecule has 0 aliphatic carbocycles. The zero-order chi connectivity index (χ0) is 17.5. The molecule has 2 aromatic rings. The lowest BCUT2D eigenvalue weighted by atomic mass is 10.2. The van der Waals surface area contributed by atoms with Gasteiger partial charge in [-0.15, -0.1) is 0 Å². The zero-order valence-electron chi connectivity index (χ0n) is 12.9. The second kappa shape index (κ2) is 8.66. The van der Waals surface area contributed by atoms with Crippen molar-refractivity contribution >= 4 is 51.2 Å². The third kappa shape index (κ3) is 5.51. The molecular formula is C18H15BrClNO3. The van der Waals surface area contributed by atoms with Gasteiger partial charge in [0.2, 0.25) is 0 Å². The normalized spacial score (nSPS) is 10.6. The van der Waals surface area contributed by atoms with Gasteiger partial charge in [0, 0.05) is 16.2 Å². The predicted octanol–water partition coefficient (Wildman–Crippen LogP) is 4.61. The first-order chi connectivity index (χ1) is 11.5. The first-order valence-electron chi connectivity index (χ1n) is 7.11. The SMILES string of the molecule is Cc1cc(Br)c(Cl)cc1NC(=O)COC(=O)/C=C/c1ccccc1. The van der Waals surface area contributed by atoms with Crippen LogP contribution in [0.5, 0.6) is 0 Å². The first kappa shape index (κ1) is 18.2. The van der Waals surface area contributed by atoms with Gasteiger partial charge in [0.05, 0.1) is 5.02 Å². The van der Waals surface area contributed by atoms with Gasteiger partial charge >= 0.3 is 5.97 Å². The molecule has 0 saturated carbocycles. The molecule has 0 spiro atoms. The highest BCUT2D eigenvalue weighted by molar-refractivity contribution is 9.10. The minimum Gasteiger partial charge on any atom is -0.452 e. The molecule has 0 aromatic heterocycles. The highest BCUT2D eigenvalue weighted by Gasteiger charge is 2.09. The zero-order valence-corrected chi connectivity index (χ0v) is 15.2. The molecule has 0 saturated heterocycles. The van der Waals surface area contributed by atoms with E-state index in [-0.39, 0.29) is 6.61 Å². The number of nitrogens with one attached hydrogen (secondary N) is 1. The summed E-state index contributed by atoms with van der Waals surface area (Å²) in [5.74, 6) is -1.02. The topological polar surface area (TPSA) is 55.4 Å². The van der Waals surface area contributed by atoms with Crippen LogP contribution in [0.25, 0.3) is 6.08 Å². The summed E-state index contributed by atoms with van der Waals surface area (Å²) in [5, 5.41) is 3.15. The van der Waals surface area contributed by atoms with Crippen molar-refractivity contribution < 1.29 is 14.3 Å². The Morgan fingerprint density at radius 2 is 1.96 bits per heavy atom. The maximum absolute atomic E-state index is 11.9. The van der Waals surface area contributed by atoms with Crippen LogP contribution >= 0.6 is 27.5 Å². The van der Waals surface area contributed by atoms with Crippen LogP contribution in [0.15, 0.2) is 53.0 Å². The molecule has 0 atom stereocenters. The Balaban J connectivity index is 1.86. The second-order valence-electron chi connectivity index (χ2n) is 4.98. The van der Waals surface area contributed by atoms with Gasteiger partial charge in [0.1, 0.15) is 0 Å². The van der Waals surface area contributed by atoms with Gasteiger partial charge in [-0.05, 0) is 52.2 Å². The highest BCUT2D eigenvalue weighted by atomic mass is 79.9. The van der Waals surface area contributed by atoms with Crippen molar-refractivity contribution in [2.45, 2.75) is 6.92 Å². The Morgan fingerprint density at radius 3 is 2.67 bits per heavy atom. The lowest BCUT2D eigenvalue weighted by Gasteiger charge is -2.10. The summed E-state index contributed by atoms with van der Waals surface area (Å²) >= 11 is 9.31. The van der Waals surface area contributed by atoms with Crippen molar-refractivity contribution in [1.29, 1.82) is 0 Å². The monoisotopic (exact) mass is 407 g/mol. The van der Waals surface area contributed by atoms with Crippen LogP contribution in [0.3, 0.4) is 0 Å². The van der Waals surface area contributed by atoms with E-state index < -0.39 is 11.9 Å². The summed E-state index contributed by atoms with van der Waals surface area (Å²) in [6.07, 6.45) is 2.91. The summed E-state index contributed by atoms with van der Waals surface area (Å²) in [6.45, 7) is 1.47. The fraction of sp³-hybridized carbons (Fsp3) is 0.111. The second-order valence-corrected chi connectivity index (χ2v) is 6.24. The van der Waals surface area contributed by atoms with Crippen LogP contribution < -0.4 is 5.32 Å². The fourth-order valence-electron chi connectivity index (χ4n) is 1.88. The van der Waals surface area contributed by atoms with E-state index in [4.69, 9.17) is 16.3 Å². The van der Waals surface area contributed by atoms with Crippen molar-refractivity contribution in [3.63, 3.8) is 0 Å². The van der Waals surface area contributed by atoms with Crippen LogP contribution in [0.2, 0.25) is 5.02 Å². The first-order valence-corrected chi connectivity index (χ1v) is 8.28. The molecule has 2 rings (SSSR count). The van der Waals surface area contributed by atoms with Crippen LogP contribution in [0.1, 0.15) is 11.1 Å². The molecule has 0 aliphatic rings. The fourth-order valence-corrected chi connectivity index (χ4v) is 2.50. The van der Waals surface area contributed by atoms with E-state index in [9.17, 15) is 9.59 Å². The van der Waals surface area contributed by atoms with Crippen LogP contribution in [-0.4, -0.2) is 18.5 Å². The summed E-state index contributed by atoms with van der Waals surface area (Å²) in [4.78, 5) is 23.5. The van der Waals surface area contributed by atoms with Crippen LogP contribution in [-0.2, 0) is 14.3 Å². The highest BCUT2D eigenvalue weighted by Crippen LogP contribution is 2.28. The third-order valence-corrected chi connectivity index (χ3v) is 4.30. The number of amides is 1. The Labute approximate surface area is 153 Å². The van der Waals surface area contributed by atoms with Gasteiger partial charge < -0.3 is 10.1 Å². The lowest BCUT2D eigenvalue weighted by Crippen LogP contribution is -2.20. The number of carbonyl (C=O) groups excluding carboxylic acids is 2. The number of rotatable bonds is 5. The van der Waals surface area contributed by atoms with Crippen molar-refractivity contribution in [2.75, 3.05) is 11.9 Å². The molecule has 4 nitrogen and oxygen atoms in total. The lowest BCUT2D eigenvalue weighted by molar-refractivity contribution is -0.142. The Morgan fingerprint density at radius 1 is 1.25 bits per heavy atom. The van der Waals surface area contributed by atoms with Gasteiger partial charge in [-0.2, -0.15) is 0 Å². The standard InChI is InChI=1S/C18H15BrClNO3/c1-12-9-14(19)15(20)10-16(12)21-17(22)11-24-18(23)8-7-13-5-3-2-4-6-13/h2-10H,11H2,1H3,(H,21,22)/b8-7+. The van der Waals surface area contributed by atoms with Gasteiger partial charge in [-0.3, -0.25) is 4.79 Å². The van der Waals surface area contributed by atoms with E-state index in [1.165, 1.54) is 6.08 Å². The van der Waals surface area contributed by atoms with E-state index >= 15 is 0 Å². The smallest absolute Gasteiger partial charge is 0.331 e. The Bertz CT molecular complexity index is 775. The van der Waals surface area contributed by atoms with Gasteiger partial charge in [-0.25, -0.2) is 4.79 Å². The summed E-state index contributed by atoms with van der Waals surface area (Å²) < 4.78 is 5.66. The molecule has 0 unspecified atom stereocenters. The van der Waals surface area contributed by atoms with Crippen molar-refractivity contribution in [3.8, 4) is 0 Å². The molecule has 0 aliphatic heterocycles. The van der Waals surface area contributed by atoms with Gasteiger partial charge in [0.15, 0.2) is 6.61 Å². The minimum atomic E-state index is -0.584. The van der Waals surface area contributed by atoms with Crippen molar-refractivity contribution in [3.05, 3.63) is 69.2 Å². The Kier molecular flexibility index (Phi) is 6.58. The Hall–Kier alpha value is -2.11. The molecule has 6 heteroatoms. The summed E-state index contributed by atoms with van der Waals surface area (Å²) in [6, 6.07) is 12.8. The third-order valence-electron chi connectivity index (χ3n) is 3.10. The molecule has 0 heterocycles. The number of carbonyl (C=O) groups is 2. The summed E-state index contributed by atoms with van der Waals surface area (Å²) in [7, 11) is 0. The van der Waals surface area contributed by atoms with E-state index in [0.29, 0.717) is 10.7 Å².